The number of anilines is 1. The molecule has 0 aromatic carbocycles. The normalized spacial score (nSPS) is 12.3. The highest BCUT2D eigenvalue weighted by molar-refractivity contribution is 5.89. The fraction of sp³-hybridized carbons (Fsp3) is 0.267. The Bertz CT molecular complexity index is 663. The van der Waals surface area contributed by atoms with E-state index in [1.54, 1.807) is 25.4 Å². The van der Waals surface area contributed by atoms with Gasteiger partial charge < -0.3 is 15.4 Å². The Labute approximate surface area is 136 Å². The summed E-state index contributed by atoms with van der Waals surface area (Å²) in [5, 5.41) is 5.24. The van der Waals surface area contributed by atoms with Crippen molar-refractivity contribution in [2.45, 2.75) is 19.1 Å². The van der Waals surface area contributed by atoms with Crippen molar-refractivity contribution < 1.29 is 22.7 Å². The predicted octanol–water partition coefficient (Wildman–Crippen LogP) is 3.30. The highest BCUT2D eigenvalue weighted by Gasteiger charge is 2.28. The Balaban J connectivity index is 1.85. The first kappa shape index (κ1) is 17.5. The van der Waals surface area contributed by atoms with Crippen molar-refractivity contribution in [1.82, 2.24) is 15.3 Å². The van der Waals surface area contributed by atoms with Crippen LogP contribution in [0.5, 0.6) is 5.88 Å². The van der Waals surface area contributed by atoms with E-state index in [4.69, 9.17) is 0 Å². The number of nitrogens with zero attached hydrogens (tertiary/aromatic N) is 2. The second-order valence-corrected chi connectivity index (χ2v) is 4.90. The van der Waals surface area contributed by atoms with Crippen LogP contribution in [0, 0.1) is 0 Å². The van der Waals surface area contributed by atoms with Crippen molar-refractivity contribution in [2.24, 2.45) is 0 Å². The molecule has 2 aromatic heterocycles. The molecule has 0 bridgehead atoms. The van der Waals surface area contributed by atoms with E-state index in [0.717, 1.165) is 5.56 Å². The van der Waals surface area contributed by atoms with Gasteiger partial charge in [0.2, 0.25) is 5.88 Å². The lowest BCUT2D eigenvalue weighted by Crippen LogP contribution is -2.31. The van der Waals surface area contributed by atoms with Crippen molar-refractivity contribution in [3.8, 4) is 5.88 Å². The van der Waals surface area contributed by atoms with Gasteiger partial charge in [0.25, 0.3) is 0 Å². The first-order chi connectivity index (χ1) is 11.3. The molecule has 0 radical (unpaired) electrons. The maximum absolute atomic E-state index is 12.0. The van der Waals surface area contributed by atoms with Crippen LogP contribution < -0.4 is 15.4 Å². The van der Waals surface area contributed by atoms with Crippen molar-refractivity contribution in [1.29, 1.82) is 0 Å². The molecular formula is C15H15F3N4O2. The molecular weight excluding hydrogens is 325 g/mol. The number of nitrogens with one attached hydrogen (secondary N) is 2. The lowest BCUT2D eigenvalue weighted by molar-refractivity contribution is -0.154. The molecule has 1 unspecified atom stereocenters. The molecule has 2 heterocycles. The second kappa shape index (κ2) is 7.62. The summed E-state index contributed by atoms with van der Waals surface area (Å²) in [7, 11) is 0. The average Bonchev–Trinajstić information content (AvgIpc) is 2.54. The third kappa shape index (κ3) is 5.75. The molecule has 0 saturated heterocycles. The molecule has 0 aliphatic heterocycles. The summed E-state index contributed by atoms with van der Waals surface area (Å²) in [6, 6.07) is 5.48. The number of carbonyl (C=O) groups is 1. The quantitative estimate of drug-likeness (QED) is 0.876. The molecule has 1 atom stereocenters. The maximum Gasteiger partial charge on any atom is 0.422 e. The fourth-order valence-electron chi connectivity index (χ4n) is 1.77. The monoisotopic (exact) mass is 340 g/mol. The van der Waals surface area contributed by atoms with E-state index in [9.17, 15) is 18.0 Å². The molecule has 0 saturated carbocycles. The minimum absolute atomic E-state index is 0.179. The molecule has 0 spiro atoms. The first-order valence-corrected chi connectivity index (χ1v) is 6.96. The third-order valence-electron chi connectivity index (χ3n) is 2.91. The predicted molar refractivity (Wildman–Crippen MR) is 80.6 cm³/mol. The second-order valence-electron chi connectivity index (χ2n) is 4.90. The molecule has 0 fully saturated rings. The molecule has 2 aromatic rings. The number of amides is 2. The summed E-state index contributed by atoms with van der Waals surface area (Å²) in [6.07, 6.45) is 0.0462. The average molecular weight is 340 g/mol. The maximum atomic E-state index is 12.0. The Morgan fingerprint density at radius 1 is 1.29 bits per heavy atom. The lowest BCUT2D eigenvalue weighted by Gasteiger charge is -2.14. The molecule has 0 aliphatic rings. The van der Waals surface area contributed by atoms with E-state index < -0.39 is 18.8 Å². The number of hydrogen-bond donors (Lipinski definition) is 2. The lowest BCUT2D eigenvalue weighted by atomic mass is 10.1. The highest BCUT2D eigenvalue weighted by atomic mass is 19.4. The van der Waals surface area contributed by atoms with E-state index in [2.05, 4.69) is 25.3 Å². The van der Waals surface area contributed by atoms with Crippen LogP contribution >= 0.6 is 0 Å². The van der Waals surface area contributed by atoms with Crippen LogP contribution in [-0.2, 0) is 0 Å². The molecule has 24 heavy (non-hydrogen) atoms. The molecule has 0 aliphatic carbocycles. The summed E-state index contributed by atoms with van der Waals surface area (Å²) >= 11 is 0. The SMILES string of the molecule is CC(NC(=O)Nc1ccc(OCC(F)(F)F)nc1)c1cccnc1. The Hall–Kier alpha value is -2.84. The van der Waals surface area contributed by atoms with Gasteiger partial charge in [0.15, 0.2) is 6.61 Å². The van der Waals surface area contributed by atoms with Gasteiger partial charge in [0.05, 0.1) is 17.9 Å². The van der Waals surface area contributed by atoms with E-state index in [0.29, 0.717) is 5.69 Å². The number of urea groups is 1. The largest absolute Gasteiger partial charge is 0.468 e. The summed E-state index contributed by atoms with van der Waals surface area (Å²) in [4.78, 5) is 19.6. The third-order valence-corrected chi connectivity index (χ3v) is 2.91. The zero-order valence-electron chi connectivity index (χ0n) is 12.7. The van der Waals surface area contributed by atoms with Gasteiger partial charge in [-0.15, -0.1) is 0 Å². The highest BCUT2D eigenvalue weighted by Crippen LogP contribution is 2.18. The molecule has 2 N–H and O–H groups in total. The molecule has 6 nitrogen and oxygen atoms in total. The van der Waals surface area contributed by atoms with Crippen LogP contribution in [0.3, 0.4) is 0 Å². The van der Waals surface area contributed by atoms with E-state index in [-0.39, 0.29) is 11.9 Å². The van der Waals surface area contributed by atoms with Crippen LogP contribution in [0.1, 0.15) is 18.5 Å². The number of rotatable bonds is 5. The minimum atomic E-state index is -4.43. The van der Waals surface area contributed by atoms with Gasteiger partial charge in [0.1, 0.15) is 0 Å². The standard InChI is InChI=1S/C15H15F3N4O2/c1-10(11-3-2-6-19-7-11)21-14(23)22-12-4-5-13(20-8-12)24-9-15(16,17)18/h2-8,10H,9H2,1H3,(H2,21,22,23). The van der Waals surface area contributed by atoms with Crippen molar-refractivity contribution in [3.05, 3.63) is 48.4 Å². The van der Waals surface area contributed by atoms with Gasteiger partial charge in [-0.3, -0.25) is 4.98 Å². The molecule has 9 heteroatoms. The summed E-state index contributed by atoms with van der Waals surface area (Å²) < 4.78 is 40.6. The summed E-state index contributed by atoms with van der Waals surface area (Å²) in [5.74, 6) is -0.179. The Morgan fingerprint density at radius 3 is 2.67 bits per heavy atom. The Kier molecular flexibility index (Phi) is 5.56. The van der Waals surface area contributed by atoms with Gasteiger partial charge in [-0.05, 0) is 24.6 Å². The van der Waals surface area contributed by atoms with Crippen LogP contribution in [0.4, 0.5) is 23.7 Å². The summed E-state index contributed by atoms with van der Waals surface area (Å²) in [6.45, 7) is 0.374. The number of ether oxygens (including phenoxy) is 1. The first-order valence-electron chi connectivity index (χ1n) is 6.96. The molecule has 2 amide bonds. The van der Waals surface area contributed by atoms with Crippen molar-refractivity contribution >= 4 is 11.7 Å². The van der Waals surface area contributed by atoms with Gasteiger partial charge in [-0.25, -0.2) is 9.78 Å². The van der Waals surface area contributed by atoms with Gasteiger partial charge in [0, 0.05) is 18.5 Å². The number of carbonyl (C=O) groups excluding carboxylic acids is 1. The van der Waals surface area contributed by atoms with Crippen molar-refractivity contribution in [2.75, 3.05) is 11.9 Å². The van der Waals surface area contributed by atoms with Gasteiger partial charge in [-0.1, -0.05) is 6.07 Å². The summed E-state index contributed by atoms with van der Waals surface area (Å²) in [5.41, 5.74) is 1.16. The van der Waals surface area contributed by atoms with Crippen LogP contribution in [0.25, 0.3) is 0 Å². The number of aromatic nitrogens is 2. The zero-order valence-corrected chi connectivity index (χ0v) is 12.7. The number of hydrogen-bond acceptors (Lipinski definition) is 4. The van der Waals surface area contributed by atoms with E-state index in [1.807, 2.05) is 6.07 Å². The fourth-order valence-corrected chi connectivity index (χ4v) is 1.77. The zero-order chi connectivity index (χ0) is 17.6. The molecule has 2 rings (SSSR count). The number of halogens is 3. The topological polar surface area (TPSA) is 76.1 Å². The van der Waals surface area contributed by atoms with Crippen LogP contribution in [0.2, 0.25) is 0 Å². The van der Waals surface area contributed by atoms with Crippen molar-refractivity contribution in [3.63, 3.8) is 0 Å². The Morgan fingerprint density at radius 2 is 2.08 bits per heavy atom. The van der Waals surface area contributed by atoms with Crippen LogP contribution in [0.15, 0.2) is 42.9 Å². The molecule has 128 valence electrons. The van der Waals surface area contributed by atoms with E-state index in [1.165, 1.54) is 18.3 Å². The number of pyridine rings is 2. The number of alkyl halides is 3. The van der Waals surface area contributed by atoms with Gasteiger partial charge in [-0.2, -0.15) is 13.2 Å². The van der Waals surface area contributed by atoms with Crippen LogP contribution in [-0.4, -0.2) is 28.8 Å². The van der Waals surface area contributed by atoms with Gasteiger partial charge >= 0.3 is 12.2 Å². The minimum Gasteiger partial charge on any atom is -0.468 e. The van der Waals surface area contributed by atoms with E-state index >= 15 is 0 Å². The smallest absolute Gasteiger partial charge is 0.422 e.